The molecule has 2 fully saturated rings. The van der Waals surface area contributed by atoms with Crippen LogP contribution in [0.2, 0.25) is 0 Å². The zero-order valence-corrected chi connectivity index (χ0v) is 14.5. The Hall–Kier alpha value is -1.59. The quantitative estimate of drug-likeness (QED) is 0.867. The van der Waals surface area contributed by atoms with Crippen LogP contribution in [0.4, 0.5) is 0 Å². The second-order valence-electron chi connectivity index (χ2n) is 7.25. The monoisotopic (exact) mass is 333 g/mol. The number of carbonyl (C=O) groups is 1. The fourth-order valence-electron chi connectivity index (χ4n) is 4.56. The van der Waals surface area contributed by atoms with E-state index in [1.807, 2.05) is 6.07 Å². The molecule has 1 aliphatic carbocycles. The topological polar surface area (TPSA) is 70.0 Å². The van der Waals surface area contributed by atoms with Crippen LogP contribution in [0.3, 0.4) is 0 Å². The lowest BCUT2D eigenvalue weighted by atomic mass is 9.69. The Morgan fingerprint density at radius 1 is 1.42 bits per heavy atom. The fraction of sp³-hybridized carbons (Fsp3) is 0.632. The van der Waals surface area contributed by atoms with Gasteiger partial charge < -0.3 is 14.9 Å². The highest BCUT2D eigenvalue weighted by Crippen LogP contribution is 2.44. The lowest BCUT2D eigenvalue weighted by Crippen LogP contribution is -2.44. The minimum Gasteiger partial charge on any atom is -0.496 e. The molecular weight excluding hydrogens is 306 g/mol. The zero-order chi connectivity index (χ0) is 17.3. The van der Waals surface area contributed by atoms with Gasteiger partial charge in [-0.25, -0.2) is 4.79 Å². The van der Waals surface area contributed by atoms with E-state index in [2.05, 4.69) is 11.8 Å². The van der Waals surface area contributed by atoms with E-state index >= 15 is 0 Å². The molecular formula is C19H27NO4. The standard InChI is InChI=1S/C19H27NO4/c1-3-19(23)8-4-5-14-11-20(12-16(14)19)10-13-6-7-17(24-2)15(9-13)18(21)22/h6-7,9,14,16,23H,3-5,8,10-12H2,1-2H3,(H,21,22)/t14-,16+,19-/m0/s1. The molecule has 2 aliphatic rings. The van der Waals surface area contributed by atoms with Crippen LogP contribution in [-0.4, -0.2) is 46.9 Å². The van der Waals surface area contributed by atoms with E-state index in [0.29, 0.717) is 17.6 Å². The summed E-state index contributed by atoms with van der Waals surface area (Å²) in [4.78, 5) is 13.7. The van der Waals surface area contributed by atoms with Crippen LogP contribution >= 0.6 is 0 Å². The van der Waals surface area contributed by atoms with Crippen molar-refractivity contribution in [3.63, 3.8) is 0 Å². The predicted molar refractivity (Wildman–Crippen MR) is 91.3 cm³/mol. The maximum absolute atomic E-state index is 11.4. The van der Waals surface area contributed by atoms with E-state index in [1.165, 1.54) is 13.5 Å². The van der Waals surface area contributed by atoms with Gasteiger partial charge in [-0.05, 0) is 42.9 Å². The first kappa shape index (κ1) is 17.2. The van der Waals surface area contributed by atoms with Crippen LogP contribution in [0.15, 0.2) is 18.2 Å². The van der Waals surface area contributed by atoms with Crippen LogP contribution in [0.25, 0.3) is 0 Å². The summed E-state index contributed by atoms with van der Waals surface area (Å²) in [6, 6.07) is 5.36. The van der Waals surface area contributed by atoms with E-state index in [0.717, 1.165) is 44.5 Å². The molecule has 0 radical (unpaired) electrons. The molecule has 2 N–H and O–H groups in total. The second-order valence-corrected chi connectivity index (χ2v) is 7.25. The number of likely N-dealkylation sites (tertiary alicyclic amines) is 1. The van der Waals surface area contributed by atoms with Crippen LogP contribution in [-0.2, 0) is 6.54 Å². The largest absolute Gasteiger partial charge is 0.496 e. The average molecular weight is 333 g/mol. The van der Waals surface area contributed by atoms with Crippen molar-refractivity contribution in [1.29, 1.82) is 0 Å². The van der Waals surface area contributed by atoms with Crippen LogP contribution < -0.4 is 4.74 Å². The second kappa shape index (κ2) is 6.73. The van der Waals surface area contributed by atoms with E-state index < -0.39 is 11.6 Å². The Bertz CT molecular complexity index is 617. The number of nitrogens with zero attached hydrogens (tertiary/aromatic N) is 1. The summed E-state index contributed by atoms with van der Waals surface area (Å²) in [5.41, 5.74) is 0.660. The van der Waals surface area contributed by atoms with Crippen LogP contribution in [0.1, 0.15) is 48.5 Å². The van der Waals surface area contributed by atoms with Crippen LogP contribution in [0, 0.1) is 11.8 Å². The molecule has 1 saturated heterocycles. The average Bonchev–Trinajstić information content (AvgIpc) is 2.99. The summed E-state index contributed by atoms with van der Waals surface area (Å²) < 4.78 is 5.12. The third kappa shape index (κ3) is 3.15. The van der Waals surface area contributed by atoms with Crippen LogP contribution in [0.5, 0.6) is 5.75 Å². The number of benzene rings is 1. The number of carboxylic acid groups (broad SMARTS) is 1. The molecule has 0 unspecified atom stereocenters. The van der Waals surface area contributed by atoms with Crippen molar-refractivity contribution in [3.8, 4) is 5.75 Å². The summed E-state index contributed by atoms with van der Waals surface area (Å²) in [5.74, 6) is 0.320. The van der Waals surface area contributed by atoms with Gasteiger partial charge in [0.15, 0.2) is 0 Å². The van der Waals surface area contributed by atoms with Crippen molar-refractivity contribution in [2.75, 3.05) is 20.2 Å². The Balaban J connectivity index is 1.74. The van der Waals surface area contributed by atoms with E-state index in [4.69, 9.17) is 4.74 Å². The third-order valence-corrected chi connectivity index (χ3v) is 5.90. The molecule has 3 atom stereocenters. The Morgan fingerprint density at radius 2 is 2.21 bits per heavy atom. The number of aliphatic hydroxyl groups is 1. The minimum absolute atomic E-state index is 0.205. The molecule has 1 saturated carbocycles. The van der Waals surface area contributed by atoms with Gasteiger partial charge in [-0.3, -0.25) is 4.90 Å². The number of rotatable bonds is 5. The van der Waals surface area contributed by atoms with Gasteiger partial charge in [0, 0.05) is 25.6 Å². The fourth-order valence-corrected chi connectivity index (χ4v) is 4.56. The van der Waals surface area contributed by atoms with Gasteiger partial charge in [0.1, 0.15) is 11.3 Å². The van der Waals surface area contributed by atoms with Crippen molar-refractivity contribution in [2.24, 2.45) is 11.8 Å². The first-order chi connectivity index (χ1) is 11.5. The normalized spacial score (nSPS) is 30.1. The number of hydrogen-bond acceptors (Lipinski definition) is 4. The van der Waals surface area contributed by atoms with Gasteiger partial charge in [-0.2, -0.15) is 0 Å². The Labute approximate surface area is 143 Å². The van der Waals surface area contributed by atoms with Gasteiger partial charge in [-0.15, -0.1) is 0 Å². The van der Waals surface area contributed by atoms with E-state index in [-0.39, 0.29) is 5.56 Å². The zero-order valence-electron chi connectivity index (χ0n) is 14.5. The highest BCUT2D eigenvalue weighted by molar-refractivity contribution is 5.91. The van der Waals surface area contributed by atoms with Crippen molar-refractivity contribution < 1.29 is 19.7 Å². The first-order valence-electron chi connectivity index (χ1n) is 8.81. The lowest BCUT2D eigenvalue weighted by molar-refractivity contribution is -0.0613. The van der Waals surface area contributed by atoms with Crippen molar-refractivity contribution in [2.45, 2.75) is 44.8 Å². The summed E-state index contributed by atoms with van der Waals surface area (Å²) >= 11 is 0. The van der Waals surface area contributed by atoms with Crippen molar-refractivity contribution in [3.05, 3.63) is 29.3 Å². The maximum Gasteiger partial charge on any atom is 0.339 e. The van der Waals surface area contributed by atoms with E-state index in [1.54, 1.807) is 12.1 Å². The summed E-state index contributed by atoms with van der Waals surface area (Å²) in [6.45, 7) is 4.68. The molecule has 24 heavy (non-hydrogen) atoms. The van der Waals surface area contributed by atoms with Gasteiger partial charge in [0.25, 0.3) is 0 Å². The third-order valence-electron chi connectivity index (χ3n) is 5.90. The molecule has 1 aromatic rings. The molecule has 1 heterocycles. The summed E-state index contributed by atoms with van der Waals surface area (Å²) in [7, 11) is 1.48. The molecule has 0 aromatic heterocycles. The molecule has 5 heteroatoms. The molecule has 1 aromatic carbocycles. The summed E-state index contributed by atoms with van der Waals surface area (Å²) in [5, 5.41) is 20.2. The molecule has 0 spiro atoms. The smallest absolute Gasteiger partial charge is 0.339 e. The Morgan fingerprint density at radius 3 is 2.88 bits per heavy atom. The van der Waals surface area contributed by atoms with Gasteiger partial charge in [-0.1, -0.05) is 19.4 Å². The Kier molecular flexibility index (Phi) is 4.83. The molecule has 5 nitrogen and oxygen atoms in total. The van der Waals surface area contributed by atoms with Gasteiger partial charge in [0.2, 0.25) is 0 Å². The number of carboxylic acids is 1. The number of ether oxygens (including phenoxy) is 1. The molecule has 132 valence electrons. The molecule has 1 aliphatic heterocycles. The lowest BCUT2D eigenvalue weighted by Gasteiger charge is -2.40. The SMILES string of the molecule is CC[C@]1(O)CCC[C@H]2CN(Cc3ccc(OC)c(C(=O)O)c3)C[C@H]21. The number of aromatic carboxylic acids is 1. The van der Waals surface area contributed by atoms with Crippen molar-refractivity contribution in [1.82, 2.24) is 4.90 Å². The summed E-state index contributed by atoms with van der Waals surface area (Å²) in [6.07, 6.45) is 4.01. The molecule has 3 rings (SSSR count). The van der Waals surface area contributed by atoms with Crippen molar-refractivity contribution >= 4 is 5.97 Å². The van der Waals surface area contributed by atoms with Gasteiger partial charge >= 0.3 is 5.97 Å². The molecule has 0 amide bonds. The number of hydrogen-bond donors (Lipinski definition) is 2. The van der Waals surface area contributed by atoms with Gasteiger partial charge in [0.05, 0.1) is 12.7 Å². The predicted octanol–water partition coefficient (Wildman–Crippen LogP) is 2.77. The highest BCUT2D eigenvalue weighted by Gasteiger charge is 2.47. The number of methoxy groups -OCH3 is 1. The maximum atomic E-state index is 11.4. The van der Waals surface area contributed by atoms with E-state index in [9.17, 15) is 15.0 Å². The molecule has 0 bridgehead atoms. The first-order valence-corrected chi connectivity index (χ1v) is 8.81. The minimum atomic E-state index is -0.968. The highest BCUT2D eigenvalue weighted by atomic mass is 16.5. The number of fused-ring (bicyclic) bond motifs is 1.